The molecule has 0 radical (unpaired) electrons. The minimum atomic E-state index is -0.0377. The number of rotatable bonds is 9. The van der Waals surface area contributed by atoms with E-state index in [0.29, 0.717) is 11.8 Å². The van der Waals surface area contributed by atoms with Crippen molar-refractivity contribution in [2.75, 3.05) is 11.9 Å². The van der Waals surface area contributed by atoms with E-state index in [9.17, 15) is 4.79 Å². The second-order valence-electron chi connectivity index (χ2n) is 6.44. The molecule has 1 fully saturated rings. The first-order valence-corrected chi connectivity index (χ1v) is 9.07. The van der Waals surface area contributed by atoms with E-state index in [1.165, 1.54) is 32.1 Å². The Balaban J connectivity index is 2.29. The van der Waals surface area contributed by atoms with Gasteiger partial charge in [-0.25, -0.2) is 0 Å². The van der Waals surface area contributed by atoms with Crippen molar-refractivity contribution < 1.29 is 4.79 Å². The maximum Gasteiger partial charge on any atom is 0.226 e. The topological polar surface area (TPSA) is 29.1 Å². The highest BCUT2D eigenvalue weighted by atomic mass is 79.9. The summed E-state index contributed by atoms with van der Waals surface area (Å²) in [5.41, 5.74) is -0.0377. The molecular weight excluding hydrogens is 302 g/mol. The molecule has 0 aliphatic heterocycles. The van der Waals surface area contributed by atoms with Crippen LogP contribution < -0.4 is 5.32 Å². The number of hydrogen-bond acceptors (Lipinski definition) is 1. The van der Waals surface area contributed by atoms with Gasteiger partial charge in [-0.1, -0.05) is 55.5 Å². The Hall–Kier alpha value is -0.0500. The summed E-state index contributed by atoms with van der Waals surface area (Å²) in [6, 6.07) is 0. The molecule has 2 nitrogen and oxygen atoms in total. The fourth-order valence-electron chi connectivity index (χ4n) is 3.32. The number of nitrogens with one attached hydrogen (secondary N) is 1. The van der Waals surface area contributed by atoms with Gasteiger partial charge in [0.1, 0.15) is 0 Å². The van der Waals surface area contributed by atoms with E-state index in [1.807, 2.05) is 0 Å². The molecule has 0 aromatic rings. The van der Waals surface area contributed by atoms with Gasteiger partial charge in [-0.05, 0) is 38.0 Å². The van der Waals surface area contributed by atoms with Crippen LogP contribution in [0.4, 0.5) is 0 Å². The molecule has 1 rings (SSSR count). The Kier molecular flexibility index (Phi) is 8.05. The van der Waals surface area contributed by atoms with Crippen molar-refractivity contribution in [2.24, 2.45) is 11.3 Å². The molecule has 112 valence electrons. The zero-order valence-corrected chi connectivity index (χ0v) is 14.2. The van der Waals surface area contributed by atoms with Crippen molar-refractivity contribution in [3.63, 3.8) is 0 Å². The molecule has 0 unspecified atom stereocenters. The standard InChI is InChI=1S/C16H30BrNO/c1-14(2)13-16(9-5-6-10-16)15(19)18-12-8-4-3-7-11-17/h14H,3-13H2,1-2H3,(H,18,19). The Morgan fingerprint density at radius 1 is 1.16 bits per heavy atom. The molecule has 19 heavy (non-hydrogen) atoms. The van der Waals surface area contributed by atoms with Gasteiger partial charge in [0.25, 0.3) is 0 Å². The van der Waals surface area contributed by atoms with Crippen LogP contribution in [0.1, 0.15) is 71.6 Å². The summed E-state index contributed by atoms with van der Waals surface area (Å²) in [7, 11) is 0. The fraction of sp³-hybridized carbons (Fsp3) is 0.938. The second-order valence-corrected chi connectivity index (χ2v) is 7.24. The predicted molar refractivity (Wildman–Crippen MR) is 85.6 cm³/mol. The molecule has 1 amide bonds. The highest BCUT2D eigenvalue weighted by Crippen LogP contribution is 2.43. The van der Waals surface area contributed by atoms with Gasteiger partial charge in [-0.2, -0.15) is 0 Å². The second kappa shape index (κ2) is 8.99. The normalized spacial score (nSPS) is 17.9. The lowest BCUT2D eigenvalue weighted by Gasteiger charge is -2.29. The first-order chi connectivity index (χ1) is 9.10. The lowest BCUT2D eigenvalue weighted by Crippen LogP contribution is -2.40. The van der Waals surface area contributed by atoms with Gasteiger partial charge < -0.3 is 5.32 Å². The minimum Gasteiger partial charge on any atom is -0.356 e. The number of alkyl halides is 1. The molecular formula is C16H30BrNO. The predicted octanol–water partition coefficient (Wildman–Crippen LogP) is 4.66. The highest BCUT2D eigenvalue weighted by molar-refractivity contribution is 9.09. The maximum atomic E-state index is 12.5. The summed E-state index contributed by atoms with van der Waals surface area (Å²) in [4.78, 5) is 12.5. The number of carbonyl (C=O) groups excluding carboxylic acids is 1. The molecule has 1 aliphatic carbocycles. The molecule has 0 spiro atoms. The van der Waals surface area contributed by atoms with Gasteiger partial charge >= 0.3 is 0 Å². The van der Waals surface area contributed by atoms with E-state index in [0.717, 1.165) is 37.6 Å². The van der Waals surface area contributed by atoms with Crippen molar-refractivity contribution in [3.05, 3.63) is 0 Å². The van der Waals surface area contributed by atoms with Crippen LogP contribution in [0.3, 0.4) is 0 Å². The Morgan fingerprint density at radius 2 is 1.79 bits per heavy atom. The first-order valence-electron chi connectivity index (χ1n) is 7.95. The lowest BCUT2D eigenvalue weighted by molar-refractivity contribution is -0.131. The van der Waals surface area contributed by atoms with Crippen LogP contribution in [0, 0.1) is 11.3 Å². The molecule has 0 atom stereocenters. The van der Waals surface area contributed by atoms with Gasteiger partial charge in [0.15, 0.2) is 0 Å². The molecule has 0 aromatic carbocycles. The fourth-order valence-corrected chi connectivity index (χ4v) is 3.72. The van der Waals surface area contributed by atoms with Crippen LogP contribution in [0.5, 0.6) is 0 Å². The van der Waals surface area contributed by atoms with Crippen molar-refractivity contribution in [1.29, 1.82) is 0 Å². The SMILES string of the molecule is CC(C)CC1(C(=O)NCCCCCCBr)CCCC1. The summed E-state index contributed by atoms with van der Waals surface area (Å²) in [5, 5.41) is 4.29. The largest absolute Gasteiger partial charge is 0.356 e. The van der Waals surface area contributed by atoms with Crippen molar-refractivity contribution in [2.45, 2.75) is 71.6 Å². The summed E-state index contributed by atoms with van der Waals surface area (Å²) < 4.78 is 0. The molecule has 1 N–H and O–H groups in total. The number of unbranched alkanes of at least 4 members (excludes halogenated alkanes) is 3. The molecule has 0 bridgehead atoms. The first kappa shape index (κ1) is 17.0. The number of hydrogen-bond donors (Lipinski definition) is 1. The monoisotopic (exact) mass is 331 g/mol. The molecule has 1 aliphatic rings. The van der Waals surface area contributed by atoms with Gasteiger partial charge in [-0.3, -0.25) is 4.79 Å². The Labute approximate surface area is 127 Å². The average Bonchev–Trinajstić information content (AvgIpc) is 2.82. The van der Waals surface area contributed by atoms with Crippen LogP contribution in [0.2, 0.25) is 0 Å². The molecule has 1 saturated carbocycles. The summed E-state index contributed by atoms with van der Waals surface area (Å²) >= 11 is 3.45. The van der Waals surface area contributed by atoms with Crippen molar-refractivity contribution in [1.82, 2.24) is 5.32 Å². The number of carbonyl (C=O) groups is 1. The molecule has 0 aromatic heterocycles. The number of amides is 1. The van der Waals surface area contributed by atoms with E-state index < -0.39 is 0 Å². The van der Waals surface area contributed by atoms with E-state index in [2.05, 4.69) is 35.1 Å². The lowest BCUT2D eigenvalue weighted by atomic mass is 9.77. The van der Waals surface area contributed by atoms with E-state index in [1.54, 1.807) is 0 Å². The maximum absolute atomic E-state index is 12.5. The zero-order valence-electron chi connectivity index (χ0n) is 12.6. The highest BCUT2D eigenvalue weighted by Gasteiger charge is 2.40. The van der Waals surface area contributed by atoms with Gasteiger partial charge in [0.05, 0.1) is 0 Å². The average molecular weight is 332 g/mol. The van der Waals surface area contributed by atoms with E-state index in [4.69, 9.17) is 0 Å². The van der Waals surface area contributed by atoms with Gasteiger partial charge in [-0.15, -0.1) is 0 Å². The third-order valence-corrected chi connectivity index (χ3v) is 4.75. The van der Waals surface area contributed by atoms with Crippen molar-refractivity contribution >= 4 is 21.8 Å². The van der Waals surface area contributed by atoms with Crippen LogP contribution in [0.25, 0.3) is 0 Å². The third-order valence-electron chi connectivity index (χ3n) is 4.19. The quantitative estimate of drug-likeness (QED) is 0.483. The van der Waals surface area contributed by atoms with Gasteiger partial charge in [0.2, 0.25) is 5.91 Å². The Bertz CT molecular complexity index is 259. The van der Waals surface area contributed by atoms with Crippen LogP contribution in [0.15, 0.2) is 0 Å². The smallest absolute Gasteiger partial charge is 0.226 e. The summed E-state index contributed by atoms with van der Waals surface area (Å²) in [5.74, 6) is 0.946. The molecule has 3 heteroatoms. The van der Waals surface area contributed by atoms with Crippen LogP contribution in [-0.4, -0.2) is 17.8 Å². The number of halogens is 1. The van der Waals surface area contributed by atoms with Crippen LogP contribution >= 0.6 is 15.9 Å². The zero-order chi connectivity index (χ0) is 14.1. The van der Waals surface area contributed by atoms with E-state index >= 15 is 0 Å². The van der Waals surface area contributed by atoms with Gasteiger partial charge in [0, 0.05) is 17.3 Å². The van der Waals surface area contributed by atoms with Crippen LogP contribution in [-0.2, 0) is 4.79 Å². The third kappa shape index (κ3) is 5.85. The molecule has 0 saturated heterocycles. The minimum absolute atomic E-state index is 0.0377. The van der Waals surface area contributed by atoms with Crippen molar-refractivity contribution in [3.8, 4) is 0 Å². The molecule has 0 heterocycles. The Morgan fingerprint density at radius 3 is 2.37 bits per heavy atom. The summed E-state index contributed by atoms with van der Waals surface area (Å²) in [6.07, 6.45) is 10.6. The summed E-state index contributed by atoms with van der Waals surface area (Å²) in [6.45, 7) is 5.32. The van der Waals surface area contributed by atoms with E-state index in [-0.39, 0.29) is 5.41 Å².